The molecule has 17 heavy (non-hydrogen) atoms. The van der Waals surface area contributed by atoms with Crippen LogP contribution >= 0.6 is 0 Å². The Morgan fingerprint density at radius 3 is 2.82 bits per heavy atom. The molecule has 0 bridgehead atoms. The third-order valence-electron chi connectivity index (χ3n) is 3.23. The number of methoxy groups -OCH3 is 1. The summed E-state index contributed by atoms with van der Waals surface area (Å²) in [6.07, 6.45) is 1.64. The van der Waals surface area contributed by atoms with E-state index in [4.69, 9.17) is 9.47 Å². The summed E-state index contributed by atoms with van der Waals surface area (Å²) in [6, 6.07) is 7.76. The van der Waals surface area contributed by atoms with Crippen LogP contribution in [0.3, 0.4) is 0 Å². The van der Waals surface area contributed by atoms with Gasteiger partial charge in [0.2, 0.25) is 0 Å². The molecule has 1 aliphatic heterocycles. The minimum Gasteiger partial charge on any atom is -0.497 e. The van der Waals surface area contributed by atoms with E-state index in [0.717, 1.165) is 24.3 Å². The molecule has 1 fully saturated rings. The van der Waals surface area contributed by atoms with Crippen molar-refractivity contribution < 1.29 is 14.6 Å². The fraction of sp³-hybridized carbons (Fsp3) is 0.538. The molecule has 4 heteroatoms. The van der Waals surface area contributed by atoms with Crippen molar-refractivity contribution in [2.24, 2.45) is 0 Å². The molecule has 0 saturated carbocycles. The van der Waals surface area contributed by atoms with Crippen LogP contribution in [0, 0.1) is 0 Å². The minimum absolute atomic E-state index is 0.119. The molecule has 2 N–H and O–H groups in total. The number of rotatable bonds is 4. The Bertz CT molecular complexity index is 361. The van der Waals surface area contributed by atoms with E-state index in [0.29, 0.717) is 13.2 Å². The van der Waals surface area contributed by atoms with E-state index in [1.807, 2.05) is 24.3 Å². The highest BCUT2D eigenvalue weighted by molar-refractivity contribution is 5.50. The first-order valence-corrected chi connectivity index (χ1v) is 5.89. The molecule has 0 spiro atoms. The zero-order chi connectivity index (χ0) is 12.1. The first-order chi connectivity index (χ1) is 8.28. The van der Waals surface area contributed by atoms with Crippen LogP contribution in [0.25, 0.3) is 0 Å². The van der Waals surface area contributed by atoms with Gasteiger partial charge >= 0.3 is 0 Å². The molecule has 1 aliphatic rings. The number of benzene rings is 1. The van der Waals surface area contributed by atoms with Crippen molar-refractivity contribution in [1.29, 1.82) is 0 Å². The summed E-state index contributed by atoms with van der Waals surface area (Å²) >= 11 is 0. The van der Waals surface area contributed by atoms with Crippen molar-refractivity contribution >= 4 is 5.69 Å². The van der Waals surface area contributed by atoms with E-state index in [1.54, 1.807) is 7.11 Å². The van der Waals surface area contributed by atoms with Crippen LogP contribution in [0.4, 0.5) is 5.69 Å². The summed E-state index contributed by atoms with van der Waals surface area (Å²) < 4.78 is 10.5. The van der Waals surface area contributed by atoms with Gasteiger partial charge in [0.05, 0.1) is 19.3 Å². The first kappa shape index (κ1) is 12.2. The maximum atomic E-state index is 9.58. The molecule has 0 aliphatic carbocycles. The highest BCUT2D eigenvalue weighted by Crippen LogP contribution is 2.27. The van der Waals surface area contributed by atoms with Crippen LogP contribution in [-0.4, -0.2) is 37.6 Å². The molecule has 0 radical (unpaired) electrons. The van der Waals surface area contributed by atoms with E-state index >= 15 is 0 Å². The van der Waals surface area contributed by atoms with Gasteiger partial charge in [-0.15, -0.1) is 0 Å². The van der Waals surface area contributed by atoms with E-state index in [9.17, 15) is 5.11 Å². The van der Waals surface area contributed by atoms with Crippen molar-refractivity contribution in [3.8, 4) is 5.75 Å². The average molecular weight is 237 g/mol. The molecule has 1 saturated heterocycles. The van der Waals surface area contributed by atoms with Crippen LogP contribution in [0.5, 0.6) is 5.75 Å². The van der Waals surface area contributed by atoms with Gasteiger partial charge in [-0.1, -0.05) is 6.07 Å². The average Bonchev–Trinajstić information content (AvgIpc) is 2.40. The number of ether oxygens (including phenoxy) is 2. The highest BCUT2D eigenvalue weighted by atomic mass is 16.5. The van der Waals surface area contributed by atoms with Gasteiger partial charge in [-0.05, 0) is 25.0 Å². The fourth-order valence-electron chi connectivity index (χ4n) is 2.09. The zero-order valence-corrected chi connectivity index (χ0v) is 10.1. The standard InChI is InChI=1S/C13H19NO3/c1-16-12-4-2-3-11(9-12)14-13(10-15)5-7-17-8-6-13/h2-4,9,14-15H,5-8,10H2,1H3. The van der Waals surface area contributed by atoms with Gasteiger partial charge in [0.15, 0.2) is 0 Å². The molecule has 94 valence electrons. The number of hydrogen-bond acceptors (Lipinski definition) is 4. The molecule has 1 aromatic carbocycles. The van der Waals surface area contributed by atoms with Crippen molar-refractivity contribution in [3.63, 3.8) is 0 Å². The van der Waals surface area contributed by atoms with Gasteiger partial charge in [0.1, 0.15) is 5.75 Å². The summed E-state index contributed by atoms with van der Waals surface area (Å²) in [5.41, 5.74) is 0.713. The molecule has 2 rings (SSSR count). The number of anilines is 1. The maximum Gasteiger partial charge on any atom is 0.120 e. The normalized spacial score (nSPS) is 18.7. The van der Waals surface area contributed by atoms with Gasteiger partial charge in [0.25, 0.3) is 0 Å². The lowest BCUT2D eigenvalue weighted by molar-refractivity contribution is 0.0380. The topological polar surface area (TPSA) is 50.7 Å². The molecule has 1 heterocycles. The molecule has 0 aromatic heterocycles. The summed E-state index contributed by atoms with van der Waals surface area (Å²) in [5, 5.41) is 13.0. The predicted octanol–water partition coefficient (Wildman–Crippen LogP) is 1.65. The Morgan fingerprint density at radius 1 is 1.41 bits per heavy atom. The van der Waals surface area contributed by atoms with Crippen molar-refractivity contribution in [3.05, 3.63) is 24.3 Å². The molecule has 0 atom stereocenters. The Labute approximate surface area is 102 Å². The summed E-state index contributed by atoms with van der Waals surface area (Å²) in [4.78, 5) is 0. The van der Waals surface area contributed by atoms with Crippen LogP contribution in [0.2, 0.25) is 0 Å². The van der Waals surface area contributed by atoms with Crippen LogP contribution in [0.15, 0.2) is 24.3 Å². The largest absolute Gasteiger partial charge is 0.497 e. The Balaban J connectivity index is 2.11. The van der Waals surface area contributed by atoms with Gasteiger partial charge in [-0.2, -0.15) is 0 Å². The molecule has 4 nitrogen and oxygen atoms in total. The summed E-state index contributed by atoms with van der Waals surface area (Å²) in [7, 11) is 1.65. The number of aliphatic hydroxyl groups excluding tert-OH is 1. The molecule has 0 unspecified atom stereocenters. The second-order valence-electron chi connectivity index (χ2n) is 4.41. The number of aliphatic hydroxyl groups is 1. The van der Waals surface area contributed by atoms with E-state index in [2.05, 4.69) is 5.32 Å². The third kappa shape index (κ3) is 2.90. The van der Waals surface area contributed by atoms with Gasteiger partial charge in [-0.25, -0.2) is 0 Å². The Kier molecular flexibility index (Phi) is 3.86. The maximum absolute atomic E-state index is 9.58. The van der Waals surface area contributed by atoms with Crippen molar-refractivity contribution in [1.82, 2.24) is 0 Å². The second kappa shape index (κ2) is 5.38. The van der Waals surface area contributed by atoms with Gasteiger partial charge in [-0.3, -0.25) is 0 Å². The fourth-order valence-corrected chi connectivity index (χ4v) is 2.09. The van der Waals surface area contributed by atoms with Gasteiger partial charge in [0, 0.05) is 25.0 Å². The number of hydrogen-bond donors (Lipinski definition) is 2. The summed E-state index contributed by atoms with van der Waals surface area (Å²) in [5.74, 6) is 0.815. The molecular weight excluding hydrogens is 218 g/mol. The predicted molar refractivity (Wildman–Crippen MR) is 66.5 cm³/mol. The summed E-state index contributed by atoms with van der Waals surface area (Å²) in [6.45, 7) is 1.50. The van der Waals surface area contributed by atoms with Crippen LogP contribution in [-0.2, 0) is 4.74 Å². The lowest BCUT2D eigenvalue weighted by Gasteiger charge is -2.37. The second-order valence-corrected chi connectivity index (χ2v) is 4.41. The molecule has 1 aromatic rings. The molecule has 0 amide bonds. The Hall–Kier alpha value is -1.26. The lowest BCUT2D eigenvalue weighted by atomic mass is 9.90. The lowest BCUT2D eigenvalue weighted by Crippen LogP contribution is -2.46. The number of nitrogens with one attached hydrogen (secondary N) is 1. The van der Waals surface area contributed by atoms with Crippen LogP contribution < -0.4 is 10.1 Å². The highest BCUT2D eigenvalue weighted by Gasteiger charge is 2.31. The third-order valence-corrected chi connectivity index (χ3v) is 3.23. The molecular formula is C13H19NO3. The van der Waals surface area contributed by atoms with Crippen LogP contribution in [0.1, 0.15) is 12.8 Å². The van der Waals surface area contributed by atoms with Crippen molar-refractivity contribution in [2.45, 2.75) is 18.4 Å². The van der Waals surface area contributed by atoms with E-state index < -0.39 is 0 Å². The first-order valence-electron chi connectivity index (χ1n) is 5.89. The quantitative estimate of drug-likeness (QED) is 0.836. The van der Waals surface area contributed by atoms with Gasteiger partial charge < -0.3 is 19.9 Å². The Morgan fingerprint density at radius 2 is 2.18 bits per heavy atom. The monoisotopic (exact) mass is 237 g/mol. The van der Waals surface area contributed by atoms with Crippen molar-refractivity contribution in [2.75, 3.05) is 32.2 Å². The smallest absolute Gasteiger partial charge is 0.120 e. The zero-order valence-electron chi connectivity index (χ0n) is 10.1. The SMILES string of the molecule is COc1cccc(NC2(CO)CCOCC2)c1. The van der Waals surface area contributed by atoms with E-state index in [1.165, 1.54) is 0 Å². The van der Waals surface area contributed by atoms with E-state index in [-0.39, 0.29) is 12.1 Å². The minimum atomic E-state index is -0.259.